The molecule has 1 aliphatic rings. The fraction of sp³-hybridized carbons (Fsp3) is 0.429. The Bertz CT molecular complexity index is 679. The lowest BCUT2D eigenvalue weighted by Gasteiger charge is -2.24. The molecule has 3 heteroatoms. The summed E-state index contributed by atoms with van der Waals surface area (Å²) in [6.45, 7) is 11.4. The first-order valence-electron chi connectivity index (χ1n) is 8.99. The maximum absolute atomic E-state index is 6.08. The summed E-state index contributed by atoms with van der Waals surface area (Å²) in [6, 6.07) is 15.3. The van der Waals surface area contributed by atoms with E-state index in [2.05, 4.69) is 73.5 Å². The molecule has 0 amide bonds. The Labute approximate surface area is 145 Å². The average Bonchev–Trinajstić information content (AvgIpc) is 2.76. The average molecular weight is 324 g/mol. The number of nitrogens with zero attached hydrogens (tertiary/aromatic N) is 1. The van der Waals surface area contributed by atoms with Gasteiger partial charge in [-0.2, -0.15) is 0 Å². The molecule has 1 N–H and O–H groups in total. The highest BCUT2D eigenvalue weighted by molar-refractivity contribution is 5.47. The van der Waals surface area contributed by atoms with Crippen molar-refractivity contribution in [3.8, 4) is 5.75 Å². The molecule has 0 aromatic heterocycles. The molecule has 1 heterocycles. The van der Waals surface area contributed by atoms with Crippen LogP contribution < -0.4 is 10.1 Å². The lowest BCUT2D eigenvalue weighted by Crippen LogP contribution is -2.34. The molecule has 0 fully saturated rings. The zero-order chi connectivity index (χ0) is 16.9. The van der Waals surface area contributed by atoms with E-state index in [4.69, 9.17) is 4.74 Å². The molecule has 0 radical (unpaired) electrons. The van der Waals surface area contributed by atoms with Gasteiger partial charge in [0, 0.05) is 18.7 Å². The molecular formula is C21H28N2O. The predicted molar refractivity (Wildman–Crippen MR) is 99.6 cm³/mol. The van der Waals surface area contributed by atoms with Crippen LogP contribution in [0.4, 0.5) is 0 Å². The van der Waals surface area contributed by atoms with Gasteiger partial charge < -0.3 is 15.0 Å². The summed E-state index contributed by atoms with van der Waals surface area (Å²) < 4.78 is 6.08. The highest BCUT2D eigenvalue weighted by Crippen LogP contribution is 2.36. The van der Waals surface area contributed by atoms with Gasteiger partial charge in [0.1, 0.15) is 12.4 Å². The largest absolute Gasteiger partial charge is 0.489 e. The molecule has 2 aromatic rings. The number of hydrogen-bond donors (Lipinski definition) is 1. The van der Waals surface area contributed by atoms with Crippen molar-refractivity contribution in [1.29, 1.82) is 0 Å². The van der Waals surface area contributed by atoms with E-state index in [0.717, 1.165) is 31.9 Å². The fourth-order valence-corrected chi connectivity index (χ4v) is 3.42. The van der Waals surface area contributed by atoms with Gasteiger partial charge in [0.25, 0.3) is 0 Å². The molecule has 2 aromatic carbocycles. The lowest BCUT2D eigenvalue weighted by atomic mass is 9.94. The van der Waals surface area contributed by atoms with E-state index >= 15 is 0 Å². The highest BCUT2D eigenvalue weighted by atomic mass is 16.5. The van der Waals surface area contributed by atoms with Crippen LogP contribution in [0.5, 0.6) is 5.75 Å². The van der Waals surface area contributed by atoms with Gasteiger partial charge in [-0.25, -0.2) is 0 Å². The summed E-state index contributed by atoms with van der Waals surface area (Å²) in [5.74, 6) is 0.997. The molecule has 24 heavy (non-hydrogen) atoms. The Morgan fingerprint density at radius 3 is 2.67 bits per heavy atom. The molecule has 3 nitrogen and oxygen atoms in total. The van der Waals surface area contributed by atoms with Crippen LogP contribution in [0.2, 0.25) is 0 Å². The van der Waals surface area contributed by atoms with E-state index in [1.54, 1.807) is 0 Å². The second kappa shape index (κ2) is 7.82. The minimum atomic E-state index is 0.189. The minimum absolute atomic E-state index is 0.189. The third kappa shape index (κ3) is 3.63. The smallest absolute Gasteiger partial charge is 0.124 e. The number of likely N-dealkylation sites (N-methyl/N-ethyl adjacent to an activating group) is 1. The molecule has 128 valence electrons. The standard InChI is InChI=1S/C21H28N2O/c1-4-23(5-2)13-12-22-21-18-9-7-6-8-17(18)15-24-20-11-10-16(3)14-19(20)21/h6-11,14,21-22H,4-5,12-13,15H2,1-3H3. The number of nitrogens with one attached hydrogen (secondary N) is 1. The Balaban J connectivity index is 1.89. The second-order valence-corrected chi connectivity index (χ2v) is 6.44. The fourth-order valence-electron chi connectivity index (χ4n) is 3.42. The third-order valence-corrected chi connectivity index (χ3v) is 4.90. The molecule has 1 unspecified atom stereocenters. The van der Waals surface area contributed by atoms with Crippen LogP contribution in [0.1, 0.15) is 42.1 Å². The van der Waals surface area contributed by atoms with E-state index < -0.39 is 0 Å². The zero-order valence-electron chi connectivity index (χ0n) is 15.0. The first-order valence-corrected chi connectivity index (χ1v) is 8.99. The monoisotopic (exact) mass is 324 g/mol. The molecule has 1 atom stereocenters. The van der Waals surface area contributed by atoms with Crippen molar-refractivity contribution in [2.75, 3.05) is 26.2 Å². The van der Waals surface area contributed by atoms with Crippen molar-refractivity contribution < 1.29 is 4.74 Å². The van der Waals surface area contributed by atoms with Crippen LogP contribution in [0.3, 0.4) is 0 Å². The number of aryl methyl sites for hydroxylation is 1. The SMILES string of the molecule is CCN(CC)CCNC1c2ccccc2COc2ccc(C)cc21. The third-order valence-electron chi connectivity index (χ3n) is 4.90. The van der Waals surface area contributed by atoms with E-state index in [0.29, 0.717) is 6.61 Å². The Hall–Kier alpha value is -1.84. The second-order valence-electron chi connectivity index (χ2n) is 6.44. The van der Waals surface area contributed by atoms with Gasteiger partial charge in [-0.1, -0.05) is 55.8 Å². The van der Waals surface area contributed by atoms with Crippen LogP contribution in [-0.2, 0) is 6.61 Å². The number of benzene rings is 2. The van der Waals surface area contributed by atoms with Gasteiger partial charge in [-0.15, -0.1) is 0 Å². The van der Waals surface area contributed by atoms with E-state index in [1.807, 2.05) is 0 Å². The Kier molecular flexibility index (Phi) is 5.54. The Morgan fingerprint density at radius 1 is 1.08 bits per heavy atom. The molecule has 0 saturated carbocycles. The van der Waals surface area contributed by atoms with Crippen LogP contribution in [0.15, 0.2) is 42.5 Å². The van der Waals surface area contributed by atoms with Gasteiger partial charge >= 0.3 is 0 Å². The maximum atomic E-state index is 6.08. The molecule has 0 saturated heterocycles. The highest BCUT2D eigenvalue weighted by Gasteiger charge is 2.24. The van der Waals surface area contributed by atoms with Crippen LogP contribution in [0.25, 0.3) is 0 Å². The number of fused-ring (bicyclic) bond motifs is 2. The maximum Gasteiger partial charge on any atom is 0.124 e. The molecule has 1 aliphatic heterocycles. The number of hydrogen-bond acceptors (Lipinski definition) is 3. The summed E-state index contributed by atoms with van der Waals surface area (Å²) in [6.07, 6.45) is 0. The summed E-state index contributed by atoms with van der Waals surface area (Å²) in [5, 5.41) is 3.78. The molecular weight excluding hydrogens is 296 g/mol. The lowest BCUT2D eigenvalue weighted by molar-refractivity contribution is 0.298. The summed E-state index contributed by atoms with van der Waals surface area (Å²) >= 11 is 0. The van der Waals surface area contributed by atoms with Gasteiger partial charge in [-0.3, -0.25) is 0 Å². The topological polar surface area (TPSA) is 24.5 Å². The van der Waals surface area contributed by atoms with Crippen molar-refractivity contribution in [2.24, 2.45) is 0 Å². The summed E-state index contributed by atoms with van der Waals surface area (Å²) in [5.41, 5.74) is 5.12. The van der Waals surface area contributed by atoms with Gasteiger partial charge in [0.05, 0.1) is 6.04 Å². The van der Waals surface area contributed by atoms with E-state index in [1.165, 1.54) is 22.3 Å². The van der Waals surface area contributed by atoms with Crippen LogP contribution in [0, 0.1) is 6.92 Å². The van der Waals surface area contributed by atoms with Crippen LogP contribution in [-0.4, -0.2) is 31.1 Å². The molecule has 0 bridgehead atoms. The van der Waals surface area contributed by atoms with Crippen molar-refractivity contribution in [2.45, 2.75) is 33.4 Å². The van der Waals surface area contributed by atoms with Crippen molar-refractivity contribution in [1.82, 2.24) is 10.2 Å². The van der Waals surface area contributed by atoms with Gasteiger partial charge in [0.15, 0.2) is 0 Å². The molecule has 0 aliphatic carbocycles. The van der Waals surface area contributed by atoms with Crippen molar-refractivity contribution in [3.05, 3.63) is 64.7 Å². The predicted octanol–water partition coefficient (Wildman–Crippen LogP) is 3.91. The first-order chi connectivity index (χ1) is 11.7. The Morgan fingerprint density at radius 2 is 1.88 bits per heavy atom. The minimum Gasteiger partial charge on any atom is -0.489 e. The number of rotatable bonds is 6. The van der Waals surface area contributed by atoms with Crippen molar-refractivity contribution in [3.63, 3.8) is 0 Å². The number of ether oxygens (including phenoxy) is 1. The normalized spacial score (nSPS) is 16.2. The van der Waals surface area contributed by atoms with Gasteiger partial charge in [0.2, 0.25) is 0 Å². The molecule has 0 spiro atoms. The van der Waals surface area contributed by atoms with Gasteiger partial charge in [-0.05, 0) is 37.2 Å². The van der Waals surface area contributed by atoms with E-state index in [-0.39, 0.29) is 6.04 Å². The quantitative estimate of drug-likeness (QED) is 0.872. The summed E-state index contributed by atoms with van der Waals surface area (Å²) in [7, 11) is 0. The van der Waals surface area contributed by atoms with E-state index in [9.17, 15) is 0 Å². The first kappa shape index (κ1) is 17.0. The summed E-state index contributed by atoms with van der Waals surface area (Å²) in [4.78, 5) is 2.45. The molecule has 3 rings (SSSR count). The van der Waals surface area contributed by atoms with Crippen molar-refractivity contribution >= 4 is 0 Å². The zero-order valence-corrected chi connectivity index (χ0v) is 15.0. The van der Waals surface area contributed by atoms with Crippen LogP contribution >= 0.6 is 0 Å².